The van der Waals surface area contributed by atoms with E-state index in [-0.39, 0.29) is 12.1 Å². The van der Waals surface area contributed by atoms with Gasteiger partial charge in [0, 0.05) is 19.7 Å². The highest BCUT2D eigenvalue weighted by atomic mass is 16.5. The summed E-state index contributed by atoms with van der Waals surface area (Å²) >= 11 is 0. The number of methoxy groups -OCH3 is 1. The van der Waals surface area contributed by atoms with Crippen molar-refractivity contribution in [3.05, 3.63) is 0 Å². The molecule has 1 unspecified atom stereocenters. The molecule has 0 saturated heterocycles. The van der Waals surface area contributed by atoms with E-state index in [1.807, 2.05) is 20.8 Å². The van der Waals surface area contributed by atoms with Gasteiger partial charge in [-0.25, -0.2) is 9.59 Å². The van der Waals surface area contributed by atoms with Crippen molar-refractivity contribution < 1.29 is 19.4 Å². The number of aliphatic carboxylic acids is 1. The molecule has 0 rings (SSSR count). The van der Waals surface area contributed by atoms with Gasteiger partial charge in [-0.15, -0.1) is 0 Å². The molecule has 1 atom stereocenters. The van der Waals surface area contributed by atoms with Gasteiger partial charge in [0.2, 0.25) is 0 Å². The summed E-state index contributed by atoms with van der Waals surface area (Å²) in [7, 11) is 1.58. The van der Waals surface area contributed by atoms with Crippen LogP contribution >= 0.6 is 0 Å². The maximum atomic E-state index is 12.3. The molecule has 0 saturated carbocycles. The zero-order valence-corrected chi connectivity index (χ0v) is 13.0. The van der Waals surface area contributed by atoms with Gasteiger partial charge in [-0.3, -0.25) is 0 Å². The number of urea groups is 1. The lowest BCUT2D eigenvalue weighted by Crippen LogP contribution is -2.52. The number of rotatable bonds is 10. The Hall–Kier alpha value is -1.30. The fraction of sp³-hybridized carbons (Fsp3) is 0.857. The Labute approximate surface area is 121 Å². The number of carboxylic acids is 1. The molecule has 0 aromatic rings. The van der Waals surface area contributed by atoms with Gasteiger partial charge >= 0.3 is 12.0 Å². The van der Waals surface area contributed by atoms with E-state index in [9.17, 15) is 9.59 Å². The van der Waals surface area contributed by atoms with E-state index >= 15 is 0 Å². The number of carbonyl (C=O) groups excluding carboxylic acids is 1. The van der Waals surface area contributed by atoms with Gasteiger partial charge < -0.3 is 20.1 Å². The molecule has 6 nitrogen and oxygen atoms in total. The molecule has 20 heavy (non-hydrogen) atoms. The lowest BCUT2D eigenvalue weighted by molar-refractivity contribution is -0.139. The van der Waals surface area contributed by atoms with Gasteiger partial charge in [-0.1, -0.05) is 27.2 Å². The number of ether oxygens (including phenoxy) is 1. The van der Waals surface area contributed by atoms with Crippen molar-refractivity contribution >= 4 is 12.0 Å². The van der Waals surface area contributed by atoms with Crippen LogP contribution in [0.3, 0.4) is 0 Å². The van der Waals surface area contributed by atoms with E-state index in [4.69, 9.17) is 9.84 Å². The molecular formula is C14H28N2O4. The first-order valence-electron chi connectivity index (χ1n) is 7.30. The minimum Gasteiger partial charge on any atom is -0.480 e. The molecule has 118 valence electrons. The third kappa shape index (κ3) is 6.23. The van der Waals surface area contributed by atoms with Crippen LogP contribution in [0.1, 0.15) is 46.5 Å². The Morgan fingerprint density at radius 3 is 2.25 bits per heavy atom. The average Bonchev–Trinajstić information content (AvgIpc) is 2.42. The zero-order chi connectivity index (χ0) is 15.5. The topological polar surface area (TPSA) is 78.9 Å². The second-order valence-corrected chi connectivity index (χ2v) is 4.79. The molecule has 0 bridgehead atoms. The van der Waals surface area contributed by atoms with Crippen LogP contribution in [-0.4, -0.2) is 54.4 Å². The number of carbonyl (C=O) groups is 2. The Morgan fingerprint density at radius 1 is 1.25 bits per heavy atom. The fourth-order valence-electron chi connectivity index (χ4n) is 2.15. The van der Waals surface area contributed by atoms with Crippen molar-refractivity contribution in [1.29, 1.82) is 0 Å². The van der Waals surface area contributed by atoms with Crippen molar-refractivity contribution in [2.75, 3.05) is 20.3 Å². The number of nitrogens with zero attached hydrogens (tertiary/aromatic N) is 1. The lowest BCUT2D eigenvalue weighted by atomic mass is 10.1. The molecule has 2 N–H and O–H groups in total. The summed E-state index contributed by atoms with van der Waals surface area (Å²) < 4.78 is 5.02. The summed E-state index contributed by atoms with van der Waals surface area (Å²) in [5.74, 6) is -0.989. The summed E-state index contributed by atoms with van der Waals surface area (Å²) in [5, 5.41) is 11.7. The first-order valence-corrected chi connectivity index (χ1v) is 7.30. The standard InChI is InChI=1S/C14H28N2O4/c1-5-8-12(13(17)18)15-14(19)16(9-10-20-4)11(6-2)7-3/h11-12H,5-10H2,1-4H3,(H,15,19)(H,17,18). The van der Waals surface area contributed by atoms with Gasteiger partial charge in [0.05, 0.1) is 6.61 Å². The Balaban J connectivity index is 4.78. The van der Waals surface area contributed by atoms with Crippen molar-refractivity contribution in [3.63, 3.8) is 0 Å². The van der Waals surface area contributed by atoms with Crippen LogP contribution in [0, 0.1) is 0 Å². The minimum atomic E-state index is -0.989. The fourth-order valence-corrected chi connectivity index (χ4v) is 2.15. The van der Waals surface area contributed by atoms with E-state index < -0.39 is 12.0 Å². The van der Waals surface area contributed by atoms with Crippen LogP contribution in [0.4, 0.5) is 4.79 Å². The van der Waals surface area contributed by atoms with Crippen molar-refractivity contribution in [2.45, 2.75) is 58.5 Å². The number of hydrogen-bond acceptors (Lipinski definition) is 3. The molecule has 0 aromatic heterocycles. The van der Waals surface area contributed by atoms with Crippen LogP contribution in [0.5, 0.6) is 0 Å². The molecular weight excluding hydrogens is 260 g/mol. The maximum Gasteiger partial charge on any atom is 0.326 e. The Morgan fingerprint density at radius 2 is 1.85 bits per heavy atom. The van der Waals surface area contributed by atoms with Crippen LogP contribution in [-0.2, 0) is 9.53 Å². The molecule has 0 aliphatic carbocycles. The number of amides is 2. The van der Waals surface area contributed by atoms with E-state index in [0.29, 0.717) is 26.0 Å². The smallest absolute Gasteiger partial charge is 0.326 e. The first-order chi connectivity index (χ1) is 9.51. The Kier molecular flexibility index (Phi) is 9.80. The van der Waals surface area contributed by atoms with Gasteiger partial charge in [0.15, 0.2) is 0 Å². The van der Waals surface area contributed by atoms with Crippen LogP contribution in [0.25, 0.3) is 0 Å². The number of nitrogens with one attached hydrogen (secondary N) is 1. The second-order valence-electron chi connectivity index (χ2n) is 4.79. The minimum absolute atomic E-state index is 0.0984. The SMILES string of the molecule is CCCC(NC(=O)N(CCOC)C(CC)CC)C(=O)O. The molecule has 0 radical (unpaired) electrons. The highest BCUT2D eigenvalue weighted by Crippen LogP contribution is 2.10. The quantitative estimate of drug-likeness (QED) is 0.645. The zero-order valence-electron chi connectivity index (χ0n) is 13.0. The summed E-state index contributed by atoms with van der Waals surface area (Å²) in [6.07, 6.45) is 2.81. The Bertz CT molecular complexity index is 293. The molecule has 0 aliphatic rings. The summed E-state index contributed by atoms with van der Waals surface area (Å²) in [5.41, 5.74) is 0. The third-order valence-corrected chi connectivity index (χ3v) is 3.35. The molecule has 0 aromatic carbocycles. The maximum absolute atomic E-state index is 12.3. The normalized spacial score (nSPS) is 12.2. The van der Waals surface area contributed by atoms with Gasteiger partial charge in [0.1, 0.15) is 6.04 Å². The monoisotopic (exact) mass is 288 g/mol. The van der Waals surface area contributed by atoms with E-state index in [1.165, 1.54) is 0 Å². The predicted molar refractivity (Wildman–Crippen MR) is 77.8 cm³/mol. The molecule has 0 aliphatic heterocycles. The van der Waals surface area contributed by atoms with Crippen molar-refractivity contribution in [2.24, 2.45) is 0 Å². The average molecular weight is 288 g/mol. The lowest BCUT2D eigenvalue weighted by Gasteiger charge is -2.31. The van der Waals surface area contributed by atoms with Crippen LogP contribution in [0.15, 0.2) is 0 Å². The van der Waals surface area contributed by atoms with Gasteiger partial charge in [0.25, 0.3) is 0 Å². The molecule has 6 heteroatoms. The molecule has 2 amide bonds. The third-order valence-electron chi connectivity index (χ3n) is 3.35. The summed E-state index contributed by atoms with van der Waals surface area (Å²) in [6.45, 7) is 6.83. The van der Waals surface area contributed by atoms with Gasteiger partial charge in [-0.05, 0) is 19.3 Å². The molecule has 0 spiro atoms. The largest absolute Gasteiger partial charge is 0.480 e. The van der Waals surface area contributed by atoms with Gasteiger partial charge in [-0.2, -0.15) is 0 Å². The van der Waals surface area contributed by atoms with E-state index in [0.717, 1.165) is 12.8 Å². The first kappa shape index (κ1) is 18.7. The number of carboxylic acid groups (broad SMARTS) is 1. The van der Waals surface area contributed by atoms with Crippen molar-refractivity contribution in [3.8, 4) is 0 Å². The van der Waals surface area contributed by atoms with Crippen molar-refractivity contribution in [1.82, 2.24) is 10.2 Å². The number of hydrogen-bond donors (Lipinski definition) is 2. The van der Waals surface area contributed by atoms with Crippen LogP contribution in [0.2, 0.25) is 0 Å². The molecule has 0 fully saturated rings. The summed E-state index contributed by atoms with van der Waals surface area (Å²) in [4.78, 5) is 25.1. The molecule has 0 heterocycles. The highest BCUT2D eigenvalue weighted by molar-refractivity contribution is 5.82. The predicted octanol–water partition coefficient (Wildman–Crippen LogP) is 2.09. The highest BCUT2D eigenvalue weighted by Gasteiger charge is 2.25. The summed E-state index contributed by atoms with van der Waals surface area (Å²) in [6, 6.07) is -1.05. The van der Waals surface area contributed by atoms with E-state index in [2.05, 4.69) is 5.32 Å². The second kappa shape index (κ2) is 10.5. The van der Waals surface area contributed by atoms with E-state index in [1.54, 1.807) is 12.0 Å². The van der Waals surface area contributed by atoms with Crippen LogP contribution < -0.4 is 5.32 Å².